The molecule has 0 aliphatic rings. The van der Waals surface area contributed by atoms with Crippen molar-refractivity contribution >= 4 is 6.09 Å². The Labute approximate surface area is 99.5 Å². The molecule has 0 aliphatic heterocycles. The van der Waals surface area contributed by atoms with E-state index in [9.17, 15) is 4.79 Å². The highest BCUT2D eigenvalue weighted by Gasteiger charge is 2.30. The Kier molecular flexibility index (Phi) is 5.04. The van der Waals surface area contributed by atoms with Gasteiger partial charge in [0, 0.05) is 12.6 Å². The van der Waals surface area contributed by atoms with Crippen LogP contribution in [0.5, 0.6) is 0 Å². The molecule has 1 amide bonds. The molecule has 0 saturated heterocycles. The van der Waals surface area contributed by atoms with Gasteiger partial charge in [0.15, 0.2) is 0 Å². The van der Waals surface area contributed by atoms with E-state index >= 15 is 0 Å². The van der Waals surface area contributed by atoms with Crippen molar-refractivity contribution in [2.24, 2.45) is 0 Å². The van der Waals surface area contributed by atoms with Crippen molar-refractivity contribution in [3.63, 3.8) is 0 Å². The fourth-order valence-electron chi connectivity index (χ4n) is 1.20. The lowest BCUT2D eigenvalue weighted by atomic mass is 9.97. The molecule has 94 valence electrons. The second-order valence-electron chi connectivity index (χ2n) is 5.68. The lowest BCUT2D eigenvalue weighted by Crippen LogP contribution is -2.47. The number of nitrogens with zero attached hydrogens (tertiary/aromatic N) is 1. The number of carbonyl (C=O) groups is 1. The van der Waals surface area contributed by atoms with Crippen molar-refractivity contribution in [3.05, 3.63) is 12.7 Å². The maximum atomic E-state index is 11.8. The minimum Gasteiger partial charge on any atom is -0.444 e. The van der Waals surface area contributed by atoms with Crippen LogP contribution in [0.3, 0.4) is 0 Å². The fraction of sp³-hybridized carbons (Fsp3) is 0.769. The first kappa shape index (κ1) is 15.0. The number of hydrogen-bond donors (Lipinski definition) is 0. The number of ether oxygens (including phenoxy) is 1. The largest absolute Gasteiger partial charge is 0.444 e. The van der Waals surface area contributed by atoms with Gasteiger partial charge in [-0.1, -0.05) is 6.08 Å². The van der Waals surface area contributed by atoms with E-state index in [0.29, 0.717) is 0 Å². The molecule has 0 aromatic carbocycles. The quantitative estimate of drug-likeness (QED) is 0.687. The van der Waals surface area contributed by atoms with Gasteiger partial charge >= 0.3 is 6.09 Å². The maximum Gasteiger partial charge on any atom is 0.410 e. The number of carbonyl (C=O) groups excluding carboxylic acids is 1. The van der Waals surface area contributed by atoms with Gasteiger partial charge < -0.3 is 9.64 Å². The third-order valence-electron chi connectivity index (χ3n) is 2.54. The van der Waals surface area contributed by atoms with Gasteiger partial charge in [0.1, 0.15) is 5.60 Å². The number of amides is 1. The van der Waals surface area contributed by atoms with Crippen molar-refractivity contribution in [2.45, 2.75) is 58.6 Å². The van der Waals surface area contributed by atoms with Gasteiger partial charge in [-0.15, -0.1) is 6.58 Å². The molecule has 0 aromatic rings. The van der Waals surface area contributed by atoms with E-state index in [1.807, 2.05) is 40.7 Å². The molecule has 0 rings (SSSR count). The summed E-state index contributed by atoms with van der Waals surface area (Å²) in [6.07, 6.45) is 3.36. The summed E-state index contributed by atoms with van der Waals surface area (Å²) >= 11 is 0. The third-order valence-corrected chi connectivity index (χ3v) is 2.54. The molecule has 3 heteroatoms. The predicted molar refractivity (Wildman–Crippen MR) is 67.5 cm³/mol. The van der Waals surface area contributed by atoms with Crippen LogP contribution in [0.4, 0.5) is 4.79 Å². The molecule has 16 heavy (non-hydrogen) atoms. The third kappa shape index (κ3) is 5.19. The lowest BCUT2D eigenvalue weighted by Gasteiger charge is -2.36. The highest BCUT2D eigenvalue weighted by atomic mass is 16.6. The van der Waals surface area contributed by atoms with E-state index < -0.39 is 5.60 Å². The SMILES string of the molecule is C=CCCC(C)(C)N(C)C(=O)OC(C)(C)C. The van der Waals surface area contributed by atoms with Crippen molar-refractivity contribution in [1.29, 1.82) is 0 Å². The first-order chi connectivity index (χ1) is 7.10. The minimum absolute atomic E-state index is 0.212. The van der Waals surface area contributed by atoms with Crippen LogP contribution in [-0.2, 0) is 4.74 Å². The highest BCUT2D eigenvalue weighted by Crippen LogP contribution is 2.21. The smallest absolute Gasteiger partial charge is 0.410 e. The normalized spacial score (nSPS) is 12.1. The number of rotatable bonds is 4. The summed E-state index contributed by atoms with van der Waals surface area (Å²) in [4.78, 5) is 13.5. The Bertz CT molecular complexity index is 251. The Balaban J connectivity index is 4.46. The fourth-order valence-corrected chi connectivity index (χ4v) is 1.20. The molecule has 0 unspecified atom stereocenters. The summed E-state index contributed by atoms with van der Waals surface area (Å²) in [5, 5.41) is 0. The summed E-state index contributed by atoms with van der Waals surface area (Å²) in [7, 11) is 1.77. The van der Waals surface area contributed by atoms with Crippen LogP contribution in [0.25, 0.3) is 0 Å². The zero-order valence-corrected chi connectivity index (χ0v) is 11.5. The molecule has 0 radical (unpaired) electrons. The van der Waals surface area contributed by atoms with Crippen LogP contribution < -0.4 is 0 Å². The van der Waals surface area contributed by atoms with Crippen LogP contribution in [0.15, 0.2) is 12.7 Å². The van der Waals surface area contributed by atoms with E-state index in [1.54, 1.807) is 11.9 Å². The average molecular weight is 227 g/mol. The highest BCUT2D eigenvalue weighted by molar-refractivity contribution is 5.68. The molecule has 0 bridgehead atoms. The van der Waals surface area contributed by atoms with E-state index in [1.165, 1.54) is 0 Å². The summed E-state index contributed by atoms with van der Waals surface area (Å²) < 4.78 is 5.33. The minimum atomic E-state index is -0.445. The Hall–Kier alpha value is -0.990. The molecule has 0 atom stereocenters. The first-order valence-electron chi connectivity index (χ1n) is 5.68. The second kappa shape index (κ2) is 5.37. The van der Waals surface area contributed by atoms with Gasteiger partial charge in [-0.05, 0) is 47.5 Å². The van der Waals surface area contributed by atoms with E-state index in [-0.39, 0.29) is 11.6 Å². The molecular weight excluding hydrogens is 202 g/mol. The van der Waals surface area contributed by atoms with Gasteiger partial charge in [0.25, 0.3) is 0 Å². The van der Waals surface area contributed by atoms with Gasteiger partial charge in [0.05, 0.1) is 0 Å². The standard InChI is InChI=1S/C13H25NO2/c1-8-9-10-13(5,6)14(7)11(15)16-12(2,3)4/h8H,1,9-10H2,2-7H3. The molecule has 0 N–H and O–H groups in total. The van der Waals surface area contributed by atoms with Crippen LogP contribution >= 0.6 is 0 Å². The lowest BCUT2D eigenvalue weighted by molar-refractivity contribution is 0.00997. The van der Waals surface area contributed by atoms with Gasteiger partial charge in [-0.2, -0.15) is 0 Å². The second-order valence-corrected chi connectivity index (χ2v) is 5.68. The van der Waals surface area contributed by atoms with Gasteiger partial charge in [-0.25, -0.2) is 4.79 Å². The molecule has 0 saturated carbocycles. The van der Waals surface area contributed by atoms with E-state index in [0.717, 1.165) is 12.8 Å². The molecular formula is C13H25NO2. The summed E-state index contributed by atoms with van der Waals surface area (Å²) in [6, 6.07) is 0. The molecule has 0 heterocycles. The topological polar surface area (TPSA) is 29.5 Å². The van der Waals surface area contributed by atoms with Crippen LogP contribution in [-0.4, -0.2) is 29.2 Å². The summed E-state index contributed by atoms with van der Waals surface area (Å²) in [5.41, 5.74) is -0.656. The molecule has 0 aliphatic carbocycles. The average Bonchev–Trinajstić information content (AvgIpc) is 2.10. The zero-order valence-electron chi connectivity index (χ0n) is 11.5. The Morgan fingerprint density at radius 2 is 1.81 bits per heavy atom. The maximum absolute atomic E-state index is 11.8. The molecule has 0 fully saturated rings. The van der Waals surface area contributed by atoms with Crippen LogP contribution in [0.1, 0.15) is 47.5 Å². The number of allylic oxidation sites excluding steroid dienone is 1. The zero-order chi connectivity index (χ0) is 13.0. The van der Waals surface area contributed by atoms with Gasteiger partial charge in [-0.3, -0.25) is 0 Å². The summed E-state index contributed by atoms with van der Waals surface area (Å²) in [5.74, 6) is 0. The van der Waals surface area contributed by atoms with Crippen molar-refractivity contribution in [1.82, 2.24) is 4.90 Å². The predicted octanol–water partition coefficient (Wildman–Crippen LogP) is 3.60. The van der Waals surface area contributed by atoms with Crippen molar-refractivity contribution in [2.75, 3.05) is 7.05 Å². The van der Waals surface area contributed by atoms with Crippen LogP contribution in [0.2, 0.25) is 0 Å². The van der Waals surface area contributed by atoms with Crippen molar-refractivity contribution in [3.8, 4) is 0 Å². The van der Waals surface area contributed by atoms with Crippen molar-refractivity contribution < 1.29 is 9.53 Å². The molecule has 0 spiro atoms. The van der Waals surface area contributed by atoms with E-state index in [4.69, 9.17) is 4.74 Å². The molecule has 3 nitrogen and oxygen atoms in total. The van der Waals surface area contributed by atoms with Gasteiger partial charge in [0.2, 0.25) is 0 Å². The summed E-state index contributed by atoms with van der Waals surface area (Å²) in [6.45, 7) is 13.4. The van der Waals surface area contributed by atoms with E-state index in [2.05, 4.69) is 6.58 Å². The monoisotopic (exact) mass is 227 g/mol. The first-order valence-corrected chi connectivity index (χ1v) is 5.68. The number of hydrogen-bond acceptors (Lipinski definition) is 2. The Morgan fingerprint density at radius 3 is 2.19 bits per heavy atom. The molecule has 0 aromatic heterocycles. The van der Waals surface area contributed by atoms with Crippen LogP contribution in [0, 0.1) is 0 Å². The Morgan fingerprint density at radius 1 is 1.31 bits per heavy atom.